The van der Waals surface area contributed by atoms with Crippen LogP contribution >= 0.6 is 0 Å². The second-order valence-electron chi connectivity index (χ2n) is 5.62. The Labute approximate surface area is 145 Å². The third-order valence-corrected chi connectivity index (χ3v) is 4.90. The minimum atomic E-state index is -3.49. The normalized spacial score (nSPS) is 11.6. The first-order valence-electron chi connectivity index (χ1n) is 7.62. The first-order chi connectivity index (χ1) is 12.0. The summed E-state index contributed by atoms with van der Waals surface area (Å²) in [5.41, 5.74) is 2.44. The van der Waals surface area contributed by atoms with Crippen LogP contribution in [-0.4, -0.2) is 23.2 Å². The van der Waals surface area contributed by atoms with Gasteiger partial charge in [0.15, 0.2) is 0 Å². The molecule has 25 heavy (non-hydrogen) atoms. The summed E-state index contributed by atoms with van der Waals surface area (Å²) in [6.07, 6.45) is 3.11. The minimum absolute atomic E-state index is 0.183. The lowest BCUT2D eigenvalue weighted by Gasteiger charge is -2.08. The van der Waals surface area contributed by atoms with Crippen molar-refractivity contribution in [2.45, 2.75) is 18.8 Å². The number of sulfonamides is 1. The lowest BCUT2D eigenvalue weighted by Crippen LogP contribution is -2.24. The highest BCUT2D eigenvalue weighted by Crippen LogP contribution is 2.09. The molecule has 1 heterocycles. The van der Waals surface area contributed by atoms with Crippen LogP contribution in [0.4, 0.5) is 4.39 Å². The maximum Gasteiger partial charge on any atom is 0.216 e. The van der Waals surface area contributed by atoms with Crippen LogP contribution in [0.2, 0.25) is 0 Å². The van der Waals surface area contributed by atoms with Gasteiger partial charge in [-0.25, -0.2) is 27.2 Å². The van der Waals surface area contributed by atoms with Gasteiger partial charge in [-0.05, 0) is 28.8 Å². The first-order valence-corrected chi connectivity index (χ1v) is 9.27. The molecular formula is C17H17FN4O2S. The standard InChI is InChI=1S/C17H17FN4O2S/c18-17-7-5-16(6-8-17)11-25(23,24)21-9-14-1-3-15(4-2-14)10-22-13-19-12-20-22/h1-8,12-13,21H,9-11H2. The molecule has 0 fully saturated rings. The molecule has 0 unspecified atom stereocenters. The lowest BCUT2D eigenvalue weighted by molar-refractivity contribution is 0.580. The first kappa shape index (κ1) is 17.2. The van der Waals surface area contributed by atoms with E-state index in [4.69, 9.17) is 0 Å². The molecule has 130 valence electrons. The summed E-state index contributed by atoms with van der Waals surface area (Å²) in [7, 11) is -3.49. The van der Waals surface area contributed by atoms with Crippen molar-refractivity contribution in [2.24, 2.45) is 0 Å². The molecule has 0 spiro atoms. The predicted octanol–water partition coefficient (Wildman–Crippen LogP) is 2.09. The van der Waals surface area contributed by atoms with Gasteiger partial charge in [-0.1, -0.05) is 36.4 Å². The SMILES string of the molecule is O=S(=O)(Cc1ccc(F)cc1)NCc1ccc(Cn2cncn2)cc1. The number of nitrogens with one attached hydrogen (secondary N) is 1. The van der Waals surface area contributed by atoms with E-state index in [0.717, 1.165) is 11.1 Å². The summed E-state index contributed by atoms with van der Waals surface area (Å²) in [4.78, 5) is 3.89. The molecule has 0 atom stereocenters. The van der Waals surface area contributed by atoms with E-state index in [2.05, 4.69) is 14.8 Å². The fourth-order valence-corrected chi connectivity index (χ4v) is 3.43. The number of hydrogen-bond acceptors (Lipinski definition) is 4. The zero-order chi connectivity index (χ0) is 17.7. The number of nitrogens with zero attached hydrogens (tertiary/aromatic N) is 3. The Morgan fingerprint density at radius 3 is 2.24 bits per heavy atom. The number of aromatic nitrogens is 3. The van der Waals surface area contributed by atoms with Crippen LogP contribution < -0.4 is 4.72 Å². The van der Waals surface area contributed by atoms with Gasteiger partial charge in [0.25, 0.3) is 0 Å². The van der Waals surface area contributed by atoms with E-state index in [-0.39, 0.29) is 18.1 Å². The molecule has 0 aliphatic rings. The number of rotatable bonds is 7. The van der Waals surface area contributed by atoms with Crippen LogP contribution in [0.25, 0.3) is 0 Å². The van der Waals surface area contributed by atoms with Gasteiger partial charge in [-0.15, -0.1) is 0 Å². The van der Waals surface area contributed by atoms with E-state index in [1.807, 2.05) is 24.3 Å². The third kappa shape index (κ3) is 5.20. The van der Waals surface area contributed by atoms with Crippen LogP contribution in [0.1, 0.15) is 16.7 Å². The Bertz CT molecular complexity index is 908. The van der Waals surface area contributed by atoms with Crippen molar-refractivity contribution >= 4 is 10.0 Å². The average molecular weight is 360 g/mol. The zero-order valence-corrected chi connectivity index (χ0v) is 14.2. The molecule has 0 saturated carbocycles. The Kier molecular flexibility index (Phi) is 5.20. The fraction of sp³-hybridized carbons (Fsp3) is 0.176. The van der Waals surface area contributed by atoms with Gasteiger partial charge in [0.05, 0.1) is 12.3 Å². The van der Waals surface area contributed by atoms with E-state index < -0.39 is 10.0 Å². The number of hydrogen-bond donors (Lipinski definition) is 1. The topological polar surface area (TPSA) is 76.9 Å². The Morgan fingerprint density at radius 2 is 1.60 bits per heavy atom. The molecule has 2 aromatic carbocycles. The zero-order valence-electron chi connectivity index (χ0n) is 13.3. The second kappa shape index (κ2) is 7.54. The predicted molar refractivity (Wildman–Crippen MR) is 91.4 cm³/mol. The Hall–Kier alpha value is -2.58. The van der Waals surface area contributed by atoms with Gasteiger partial charge in [0.2, 0.25) is 10.0 Å². The molecule has 0 aliphatic carbocycles. The summed E-state index contributed by atoms with van der Waals surface area (Å²) in [5.74, 6) is -0.572. The van der Waals surface area contributed by atoms with Gasteiger partial charge < -0.3 is 0 Å². The molecule has 0 amide bonds. The molecule has 0 aliphatic heterocycles. The monoisotopic (exact) mass is 360 g/mol. The van der Waals surface area contributed by atoms with Crippen LogP contribution in [0, 0.1) is 5.82 Å². The molecule has 6 nitrogen and oxygen atoms in total. The minimum Gasteiger partial charge on any atom is -0.249 e. The van der Waals surface area contributed by atoms with Crippen LogP contribution in [-0.2, 0) is 28.9 Å². The number of halogens is 1. The Morgan fingerprint density at radius 1 is 0.960 bits per heavy atom. The van der Waals surface area contributed by atoms with Gasteiger partial charge >= 0.3 is 0 Å². The summed E-state index contributed by atoms with van der Waals surface area (Å²) in [6.45, 7) is 0.809. The maximum absolute atomic E-state index is 12.9. The highest BCUT2D eigenvalue weighted by molar-refractivity contribution is 7.88. The molecule has 0 bridgehead atoms. The van der Waals surface area contributed by atoms with Crippen LogP contribution in [0.5, 0.6) is 0 Å². The summed E-state index contributed by atoms with van der Waals surface area (Å²) in [6, 6.07) is 13.0. The van der Waals surface area contributed by atoms with Crippen LogP contribution in [0.15, 0.2) is 61.2 Å². The molecule has 8 heteroatoms. The van der Waals surface area contributed by atoms with Gasteiger partial charge in [-0.3, -0.25) is 0 Å². The second-order valence-corrected chi connectivity index (χ2v) is 7.42. The lowest BCUT2D eigenvalue weighted by atomic mass is 10.1. The van der Waals surface area contributed by atoms with E-state index in [9.17, 15) is 12.8 Å². The van der Waals surface area contributed by atoms with E-state index in [0.29, 0.717) is 12.1 Å². The molecule has 0 radical (unpaired) electrons. The van der Waals surface area contributed by atoms with E-state index in [1.54, 1.807) is 11.0 Å². The third-order valence-electron chi connectivity index (χ3n) is 3.60. The average Bonchev–Trinajstić information content (AvgIpc) is 3.09. The van der Waals surface area contributed by atoms with Crippen molar-refractivity contribution in [3.63, 3.8) is 0 Å². The maximum atomic E-state index is 12.9. The van der Waals surface area contributed by atoms with Crippen molar-refractivity contribution in [1.29, 1.82) is 0 Å². The van der Waals surface area contributed by atoms with Crippen molar-refractivity contribution in [3.8, 4) is 0 Å². The van der Waals surface area contributed by atoms with Crippen molar-refractivity contribution < 1.29 is 12.8 Å². The largest absolute Gasteiger partial charge is 0.249 e. The van der Waals surface area contributed by atoms with Gasteiger partial charge in [-0.2, -0.15) is 5.10 Å². The summed E-state index contributed by atoms with van der Waals surface area (Å²) >= 11 is 0. The molecule has 1 aromatic heterocycles. The van der Waals surface area contributed by atoms with E-state index >= 15 is 0 Å². The Balaban J connectivity index is 1.56. The van der Waals surface area contributed by atoms with Gasteiger partial charge in [0.1, 0.15) is 18.5 Å². The molecule has 0 saturated heterocycles. The highest BCUT2D eigenvalue weighted by Gasteiger charge is 2.11. The molecule has 3 rings (SSSR count). The summed E-state index contributed by atoms with van der Waals surface area (Å²) < 4.78 is 41.4. The van der Waals surface area contributed by atoms with Crippen molar-refractivity contribution in [2.75, 3.05) is 0 Å². The summed E-state index contributed by atoms with van der Waals surface area (Å²) in [5, 5.41) is 4.04. The highest BCUT2D eigenvalue weighted by atomic mass is 32.2. The van der Waals surface area contributed by atoms with Crippen molar-refractivity contribution in [1.82, 2.24) is 19.5 Å². The fourth-order valence-electron chi connectivity index (χ4n) is 2.31. The van der Waals surface area contributed by atoms with Crippen LogP contribution in [0.3, 0.4) is 0 Å². The van der Waals surface area contributed by atoms with Crippen molar-refractivity contribution in [3.05, 3.63) is 83.7 Å². The molecule has 3 aromatic rings. The van der Waals surface area contributed by atoms with Gasteiger partial charge in [0, 0.05) is 6.54 Å². The number of benzene rings is 2. The quantitative estimate of drug-likeness (QED) is 0.700. The van der Waals surface area contributed by atoms with E-state index in [1.165, 1.54) is 30.6 Å². The smallest absolute Gasteiger partial charge is 0.216 e. The molecular weight excluding hydrogens is 343 g/mol. The molecule has 1 N–H and O–H groups in total.